The predicted molar refractivity (Wildman–Crippen MR) is 128 cm³/mol. The number of carbonyl (C=O) groups excluding carboxylic acids is 1. The molecule has 4 rings (SSSR count). The van der Waals surface area contributed by atoms with E-state index in [2.05, 4.69) is 20.5 Å². The highest BCUT2D eigenvalue weighted by atomic mass is 32.1. The standard InChI is InChI=1S/C24H23N5O4S/c1-4-32-21-11-10-18(13-22(21)31-3)23-25-19(15-34-23)14-33-24(30)20(29-16(2)26-27-28-29)12-17-8-6-5-7-9-17/h5-13,15H,4,14H2,1-3H3. The molecule has 0 fully saturated rings. The number of methoxy groups -OCH3 is 1. The number of tetrazole rings is 1. The fraction of sp³-hybridized carbons (Fsp3) is 0.208. The molecule has 0 amide bonds. The molecule has 0 spiro atoms. The van der Waals surface area contributed by atoms with Gasteiger partial charge in [0.2, 0.25) is 0 Å². The van der Waals surface area contributed by atoms with Crippen LogP contribution in [0.1, 0.15) is 24.0 Å². The van der Waals surface area contributed by atoms with Crippen molar-refractivity contribution in [3.8, 4) is 22.1 Å². The molecule has 34 heavy (non-hydrogen) atoms. The molecule has 2 aromatic heterocycles. The van der Waals surface area contributed by atoms with Gasteiger partial charge in [0.1, 0.15) is 11.6 Å². The molecule has 0 radical (unpaired) electrons. The lowest BCUT2D eigenvalue weighted by atomic mass is 10.2. The summed E-state index contributed by atoms with van der Waals surface area (Å²) in [5, 5.41) is 14.1. The predicted octanol–water partition coefficient (Wildman–Crippen LogP) is 4.25. The number of carbonyl (C=O) groups is 1. The van der Waals surface area contributed by atoms with E-state index in [4.69, 9.17) is 14.2 Å². The molecular weight excluding hydrogens is 454 g/mol. The highest BCUT2D eigenvalue weighted by Crippen LogP contribution is 2.34. The van der Waals surface area contributed by atoms with Crippen molar-refractivity contribution in [3.05, 3.63) is 71.0 Å². The van der Waals surface area contributed by atoms with Crippen LogP contribution in [0, 0.1) is 6.92 Å². The summed E-state index contributed by atoms with van der Waals surface area (Å²) in [7, 11) is 1.60. The van der Waals surface area contributed by atoms with Crippen molar-refractivity contribution >= 4 is 29.1 Å². The Hall–Kier alpha value is -4.05. The number of nitrogens with zero attached hydrogens (tertiary/aromatic N) is 5. The van der Waals surface area contributed by atoms with Crippen LogP contribution in [0.5, 0.6) is 11.5 Å². The summed E-state index contributed by atoms with van der Waals surface area (Å²) in [4.78, 5) is 17.6. The smallest absolute Gasteiger partial charge is 0.357 e. The quantitative estimate of drug-likeness (QED) is 0.260. The molecule has 0 unspecified atom stereocenters. The maximum atomic E-state index is 13.0. The molecule has 10 heteroatoms. The van der Waals surface area contributed by atoms with Crippen LogP contribution in [0.2, 0.25) is 0 Å². The van der Waals surface area contributed by atoms with Crippen molar-refractivity contribution in [3.63, 3.8) is 0 Å². The van der Waals surface area contributed by atoms with E-state index in [0.29, 0.717) is 29.6 Å². The molecule has 0 bridgehead atoms. The number of esters is 1. The number of rotatable bonds is 9. The SMILES string of the molecule is CCOc1ccc(-c2nc(COC(=O)C(=Cc3ccccc3)n3nnnc3C)cs2)cc1OC. The number of benzene rings is 2. The topological polar surface area (TPSA) is 101 Å². The third kappa shape index (κ3) is 5.29. The third-order valence-corrected chi connectivity index (χ3v) is 5.72. The van der Waals surface area contributed by atoms with Gasteiger partial charge in [-0.1, -0.05) is 30.3 Å². The summed E-state index contributed by atoms with van der Waals surface area (Å²) in [5.74, 6) is 1.22. The van der Waals surface area contributed by atoms with Crippen molar-refractivity contribution in [2.75, 3.05) is 13.7 Å². The van der Waals surface area contributed by atoms with Gasteiger partial charge in [0.25, 0.3) is 0 Å². The minimum atomic E-state index is -0.559. The first-order chi connectivity index (χ1) is 16.6. The first-order valence-corrected chi connectivity index (χ1v) is 11.4. The average molecular weight is 478 g/mol. The highest BCUT2D eigenvalue weighted by Gasteiger charge is 2.19. The van der Waals surface area contributed by atoms with E-state index >= 15 is 0 Å². The second kappa shape index (κ2) is 10.7. The van der Waals surface area contributed by atoms with E-state index in [1.807, 2.05) is 60.8 Å². The van der Waals surface area contributed by atoms with Gasteiger partial charge in [0, 0.05) is 10.9 Å². The molecular formula is C24H23N5O4S. The first-order valence-electron chi connectivity index (χ1n) is 10.5. The summed E-state index contributed by atoms with van der Waals surface area (Å²) >= 11 is 1.45. The lowest BCUT2D eigenvalue weighted by Crippen LogP contribution is -2.15. The molecule has 2 aromatic carbocycles. The van der Waals surface area contributed by atoms with Gasteiger partial charge in [0.15, 0.2) is 23.0 Å². The van der Waals surface area contributed by atoms with Crippen molar-refractivity contribution in [1.82, 2.24) is 25.2 Å². The Morgan fingerprint density at radius 1 is 1.15 bits per heavy atom. The van der Waals surface area contributed by atoms with Crippen molar-refractivity contribution in [2.45, 2.75) is 20.5 Å². The fourth-order valence-electron chi connectivity index (χ4n) is 3.16. The van der Waals surface area contributed by atoms with E-state index in [-0.39, 0.29) is 12.3 Å². The molecule has 0 atom stereocenters. The Morgan fingerprint density at radius 2 is 1.97 bits per heavy atom. The van der Waals surface area contributed by atoms with Gasteiger partial charge >= 0.3 is 5.97 Å². The Labute approximate surface area is 200 Å². The van der Waals surface area contributed by atoms with E-state index in [1.54, 1.807) is 20.1 Å². The van der Waals surface area contributed by atoms with Crippen LogP contribution in [-0.2, 0) is 16.1 Å². The molecule has 4 aromatic rings. The fourth-order valence-corrected chi connectivity index (χ4v) is 3.96. The number of hydrogen-bond acceptors (Lipinski definition) is 9. The van der Waals surface area contributed by atoms with Gasteiger partial charge in [-0.3, -0.25) is 0 Å². The Bertz CT molecular complexity index is 1300. The van der Waals surface area contributed by atoms with E-state index in [1.165, 1.54) is 16.0 Å². The molecule has 0 aliphatic carbocycles. The van der Waals surface area contributed by atoms with Crippen LogP contribution in [-0.4, -0.2) is 44.9 Å². The molecule has 2 heterocycles. The minimum Gasteiger partial charge on any atom is -0.493 e. The van der Waals surface area contributed by atoms with Crippen LogP contribution in [0.3, 0.4) is 0 Å². The van der Waals surface area contributed by atoms with Crippen LogP contribution in [0.25, 0.3) is 22.3 Å². The Balaban J connectivity index is 1.50. The zero-order valence-electron chi connectivity index (χ0n) is 19.0. The minimum absolute atomic E-state index is 0.0107. The van der Waals surface area contributed by atoms with Gasteiger partial charge in [-0.15, -0.1) is 16.4 Å². The van der Waals surface area contributed by atoms with Gasteiger partial charge in [0.05, 0.1) is 19.4 Å². The van der Waals surface area contributed by atoms with Gasteiger partial charge < -0.3 is 14.2 Å². The Kier molecular flexibility index (Phi) is 7.28. The highest BCUT2D eigenvalue weighted by molar-refractivity contribution is 7.13. The number of aromatic nitrogens is 5. The van der Waals surface area contributed by atoms with Crippen molar-refractivity contribution in [2.24, 2.45) is 0 Å². The summed E-state index contributed by atoms with van der Waals surface area (Å²) < 4.78 is 17.9. The van der Waals surface area contributed by atoms with E-state index in [0.717, 1.165) is 16.1 Å². The largest absolute Gasteiger partial charge is 0.493 e. The second-order valence-electron chi connectivity index (χ2n) is 7.10. The number of ether oxygens (including phenoxy) is 3. The van der Waals surface area contributed by atoms with Crippen molar-refractivity contribution in [1.29, 1.82) is 0 Å². The average Bonchev–Trinajstić information content (AvgIpc) is 3.51. The van der Waals surface area contributed by atoms with Crippen LogP contribution in [0.4, 0.5) is 0 Å². The summed E-state index contributed by atoms with van der Waals surface area (Å²) in [5.41, 5.74) is 2.55. The maximum absolute atomic E-state index is 13.0. The molecule has 174 valence electrons. The van der Waals surface area contributed by atoms with Crippen LogP contribution >= 0.6 is 11.3 Å². The summed E-state index contributed by atoms with van der Waals surface area (Å²) in [6, 6.07) is 15.1. The van der Waals surface area contributed by atoms with Crippen LogP contribution < -0.4 is 9.47 Å². The zero-order valence-corrected chi connectivity index (χ0v) is 19.8. The van der Waals surface area contributed by atoms with Gasteiger partial charge in [-0.05, 0) is 54.1 Å². The summed E-state index contributed by atoms with van der Waals surface area (Å²) in [6.07, 6.45) is 1.68. The van der Waals surface area contributed by atoms with Crippen LogP contribution in [0.15, 0.2) is 53.9 Å². The monoisotopic (exact) mass is 477 g/mol. The lowest BCUT2D eigenvalue weighted by molar-refractivity contribution is -0.138. The molecule has 0 aliphatic rings. The number of hydrogen-bond donors (Lipinski definition) is 0. The third-order valence-electron chi connectivity index (χ3n) is 4.78. The zero-order chi connectivity index (χ0) is 23.9. The maximum Gasteiger partial charge on any atom is 0.357 e. The lowest BCUT2D eigenvalue weighted by Gasteiger charge is -2.10. The second-order valence-corrected chi connectivity index (χ2v) is 7.96. The molecule has 0 aliphatic heterocycles. The number of thiazole rings is 1. The Morgan fingerprint density at radius 3 is 2.68 bits per heavy atom. The van der Waals surface area contributed by atoms with E-state index < -0.39 is 5.97 Å². The molecule has 0 saturated heterocycles. The summed E-state index contributed by atoms with van der Waals surface area (Å²) in [6.45, 7) is 4.19. The normalized spacial score (nSPS) is 11.3. The van der Waals surface area contributed by atoms with Crippen molar-refractivity contribution < 1.29 is 19.0 Å². The molecule has 9 nitrogen and oxygen atoms in total. The number of aryl methyl sites for hydroxylation is 1. The first kappa shape index (κ1) is 23.1. The van der Waals surface area contributed by atoms with Gasteiger partial charge in [-0.2, -0.15) is 4.68 Å². The molecule has 0 N–H and O–H groups in total. The van der Waals surface area contributed by atoms with Gasteiger partial charge in [-0.25, -0.2) is 9.78 Å². The van der Waals surface area contributed by atoms with E-state index in [9.17, 15) is 4.79 Å². The molecule has 0 saturated carbocycles.